The summed E-state index contributed by atoms with van der Waals surface area (Å²) in [5.74, 6) is -0.146. The summed E-state index contributed by atoms with van der Waals surface area (Å²) in [5.41, 5.74) is 2.28. The van der Waals surface area contributed by atoms with Gasteiger partial charge in [0.2, 0.25) is 0 Å². The highest BCUT2D eigenvalue weighted by Crippen LogP contribution is 2.31. The molecule has 1 aliphatic rings. The lowest BCUT2D eigenvalue weighted by molar-refractivity contribution is 0.0956. The molecule has 2 heterocycles. The summed E-state index contributed by atoms with van der Waals surface area (Å²) in [6, 6.07) is -0.168. The number of nitrogens with one attached hydrogen (secondary N) is 2. The van der Waals surface area contributed by atoms with Crippen LogP contribution in [0.3, 0.4) is 0 Å². The van der Waals surface area contributed by atoms with E-state index in [9.17, 15) is 4.79 Å². The van der Waals surface area contributed by atoms with E-state index in [1.54, 1.807) is 0 Å². The third kappa shape index (κ3) is 2.31. The smallest absolute Gasteiger partial charge is 0.272 e. The number of hydrogen-bond donors (Lipinski definition) is 2. The summed E-state index contributed by atoms with van der Waals surface area (Å²) in [5, 5.41) is 2.91. The molecule has 0 aromatic carbocycles. The number of aromatic nitrogens is 2. The van der Waals surface area contributed by atoms with Crippen molar-refractivity contribution in [2.75, 3.05) is 0 Å². The highest BCUT2D eigenvalue weighted by molar-refractivity contribution is 9.10. The van der Waals surface area contributed by atoms with Crippen molar-refractivity contribution in [2.24, 2.45) is 0 Å². The van der Waals surface area contributed by atoms with E-state index in [1.807, 2.05) is 44.2 Å². The van der Waals surface area contributed by atoms with Gasteiger partial charge in [-0.15, -0.1) is 0 Å². The zero-order valence-corrected chi connectivity index (χ0v) is 11.8. The SMILES string of the molecule is C\C=C/C=C(\C=C/C)C1NC(=O)c2nc(Br)[nH]c21. The number of aromatic amines is 1. The average molecular weight is 308 g/mol. The molecule has 4 nitrogen and oxygen atoms in total. The third-order valence-corrected chi connectivity index (χ3v) is 3.03. The lowest BCUT2D eigenvalue weighted by Gasteiger charge is -2.11. The molecule has 0 saturated carbocycles. The van der Waals surface area contributed by atoms with Gasteiger partial charge in [0.25, 0.3) is 5.91 Å². The Bertz CT molecular complexity index is 555. The first-order valence-corrected chi connectivity index (χ1v) is 6.48. The number of carbonyl (C=O) groups is 1. The minimum Gasteiger partial charge on any atom is -0.338 e. The summed E-state index contributed by atoms with van der Waals surface area (Å²) in [6.45, 7) is 3.90. The second-order valence-electron chi connectivity index (χ2n) is 3.89. The number of imidazole rings is 1. The van der Waals surface area contributed by atoms with E-state index in [1.165, 1.54) is 0 Å². The summed E-state index contributed by atoms with van der Waals surface area (Å²) >= 11 is 3.26. The van der Waals surface area contributed by atoms with Crippen LogP contribution in [0.1, 0.15) is 36.1 Å². The number of rotatable bonds is 3. The highest BCUT2D eigenvalue weighted by Gasteiger charge is 2.33. The molecule has 0 bridgehead atoms. The number of halogens is 1. The van der Waals surface area contributed by atoms with Gasteiger partial charge in [-0.1, -0.05) is 30.4 Å². The Balaban J connectivity index is 2.42. The number of nitrogens with zero attached hydrogens (tertiary/aromatic N) is 1. The van der Waals surface area contributed by atoms with Crippen LogP contribution in [0.15, 0.2) is 40.7 Å². The molecule has 2 N–H and O–H groups in total. The van der Waals surface area contributed by atoms with Crippen LogP contribution in [0.25, 0.3) is 0 Å². The quantitative estimate of drug-likeness (QED) is 0.843. The van der Waals surface area contributed by atoms with Gasteiger partial charge >= 0.3 is 0 Å². The van der Waals surface area contributed by atoms with Gasteiger partial charge in [-0.3, -0.25) is 4.79 Å². The maximum Gasteiger partial charge on any atom is 0.272 e. The van der Waals surface area contributed by atoms with Crippen molar-refractivity contribution in [3.63, 3.8) is 0 Å². The molecule has 0 aliphatic carbocycles. The fourth-order valence-electron chi connectivity index (χ4n) is 1.91. The molecule has 1 amide bonds. The van der Waals surface area contributed by atoms with Gasteiger partial charge in [-0.25, -0.2) is 4.98 Å². The Morgan fingerprint density at radius 3 is 2.83 bits per heavy atom. The van der Waals surface area contributed by atoms with E-state index in [0.717, 1.165) is 11.3 Å². The summed E-state index contributed by atoms with van der Waals surface area (Å²) in [6.07, 6.45) is 9.81. The van der Waals surface area contributed by atoms with Crippen LogP contribution >= 0.6 is 15.9 Å². The number of amides is 1. The van der Waals surface area contributed by atoms with Crippen molar-refractivity contribution in [1.29, 1.82) is 0 Å². The molecule has 1 unspecified atom stereocenters. The fraction of sp³-hybridized carbons (Fsp3) is 0.231. The van der Waals surface area contributed by atoms with Gasteiger partial charge in [0.1, 0.15) is 0 Å². The first-order chi connectivity index (χ1) is 8.67. The van der Waals surface area contributed by atoms with E-state index in [2.05, 4.69) is 31.2 Å². The average Bonchev–Trinajstić information content (AvgIpc) is 2.85. The first-order valence-electron chi connectivity index (χ1n) is 5.69. The van der Waals surface area contributed by atoms with Crippen molar-refractivity contribution in [3.05, 3.63) is 52.1 Å². The molecule has 18 heavy (non-hydrogen) atoms. The van der Waals surface area contributed by atoms with Crippen molar-refractivity contribution in [3.8, 4) is 0 Å². The van der Waals surface area contributed by atoms with Crippen LogP contribution in [0.5, 0.6) is 0 Å². The maximum absolute atomic E-state index is 11.8. The first kappa shape index (κ1) is 12.8. The molecular weight excluding hydrogens is 294 g/mol. The van der Waals surface area contributed by atoms with Crippen molar-refractivity contribution in [2.45, 2.75) is 19.9 Å². The maximum atomic E-state index is 11.8. The summed E-state index contributed by atoms with van der Waals surface area (Å²) < 4.78 is 0.582. The lowest BCUT2D eigenvalue weighted by Crippen LogP contribution is -2.21. The topological polar surface area (TPSA) is 57.8 Å². The molecule has 1 aromatic heterocycles. The number of hydrogen-bond acceptors (Lipinski definition) is 2. The summed E-state index contributed by atoms with van der Waals surface area (Å²) in [4.78, 5) is 19.0. The molecular formula is C13H14BrN3O. The highest BCUT2D eigenvalue weighted by atomic mass is 79.9. The Morgan fingerprint density at radius 2 is 2.17 bits per heavy atom. The van der Waals surface area contributed by atoms with E-state index in [4.69, 9.17) is 0 Å². The van der Waals surface area contributed by atoms with E-state index in [-0.39, 0.29) is 11.9 Å². The molecule has 0 saturated heterocycles. The van der Waals surface area contributed by atoms with Crippen LogP contribution in [0.4, 0.5) is 0 Å². The zero-order chi connectivity index (χ0) is 13.1. The van der Waals surface area contributed by atoms with Crippen LogP contribution in [-0.2, 0) is 0 Å². The number of allylic oxidation sites excluding steroid dienone is 4. The molecule has 2 rings (SSSR count). The van der Waals surface area contributed by atoms with Crippen LogP contribution < -0.4 is 5.32 Å². The Kier molecular flexibility index (Phi) is 3.81. The molecule has 0 fully saturated rings. The predicted molar refractivity (Wildman–Crippen MR) is 74.2 cm³/mol. The van der Waals surface area contributed by atoms with E-state index < -0.39 is 0 Å². The van der Waals surface area contributed by atoms with E-state index >= 15 is 0 Å². The Labute approximate surface area is 114 Å². The molecule has 5 heteroatoms. The second kappa shape index (κ2) is 5.35. The largest absolute Gasteiger partial charge is 0.338 e. The minimum atomic E-state index is -0.168. The Hall–Kier alpha value is -1.62. The second-order valence-corrected chi connectivity index (χ2v) is 4.64. The standard InChI is InChI=1S/C13H14BrN3O/c1-3-5-7-8(6-4-2)9-10-11(12(18)15-9)17-13(14)16-10/h3-7,9H,1-2H3,(H,15,18)(H,16,17)/b5-3-,6-4-,8-7+. The normalized spacial score (nSPS) is 19.8. The van der Waals surface area contributed by atoms with Gasteiger partial charge in [0.05, 0.1) is 11.7 Å². The summed E-state index contributed by atoms with van der Waals surface area (Å²) in [7, 11) is 0. The molecule has 94 valence electrons. The van der Waals surface area contributed by atoms with Crippen LogP contribution in [0, 0.1) is 0 Å². The lowest BCUT2D eigenvalue weighted by atomic mass is 10.0. The van der Waals surface area contributed by atoms with E-state index in [0.29, 0.717) is 10.4 Å². The molecule has 0 spiro atoms. The molecule has 1 aliphatic heterocycles. The van der Waals surface area contributed by atoms with Gasteiger partial charge < -0.3 is 10.3 Å². The van der Waals surface area contributed by atoms with Crippen molar-refractivity contribution in [1.82, 2.24) is 15.3 Å². The number of carbonyl (C=O) groups excluding carboxylic acids is 1. The fourth-order valence-corrected chi connectivity index (χ4v) is 2.30. The number of fused-ring (bicyclic) bond motifs is 1. The molecule has 1 atom stereocenters. The predicted octanol–water partition coefficient (Wildman–Crippen LogP) is 3.04. The van der Waals surface area contributed by atoms with Crippen molar-refractivity contribution < 1.29 is 4.79 Å². The van der Waals surface area contributed by atoms with Gasteiger partial charge in [-0.2, -0.15) is 0 Å². The van der Waals surface area contributed by atoms with Gasteiger partial charge in [0.15, 0.2) is 10.4 Å². The van der Waals surface area contributed by atoms with Gasteiger partial charge in [0, 0.05) is 0 Å². The third-order valence-electron chi connectivity index (χ3n) is 2.66. The van der Waals surface area contributed by atoms with Crippen LogP contribution in [-0.4, -0.2) is 15.9 Å². The van der Waals surface area contributed by atoms with Crippen LogP contribution in [0.2, 0.25) is 0 Å². The monoisotopic (exact) mass is 307 g/mol. The minimum absolute atomic E-state index is 0.146. The van der Waals surface area contributed by atoms with Crippen molar-refractivity contribution >= 4 is 21.8 Å². The zero-order valence-electron chi connectivity index (χ0n) is 10.2. The van der Waals surface area contributed by atoms with Gasteiger partial charge in [-0.05, 0) is 35.4 Å². The number of H-pyrrole nitrogens is 1. The molecule has 0 radical (unpaired) electrons. The molecule has 1 aromatic rings. The Morgan fingerprint density at radius 1 is 1.39 bits per heavy atom.